The van der Waals surface area contributed by atoms with Crippen LogP contribution >= 0.6 is 11.8 Å². The SMILES string of the molecule is CCCCNC(=O)CSCC(NC(C)=O)C(=O)O. The van der Waals surface area contributed by atoms with Crippen molar-refractivity contribution < 1.29 is 19.5 Å². The van der Waals surface area contributed by atoms with Gasteiger partial charge in [-0.2, -0.15) is 0 Å². The van der Waals surface area contributed by atoms with Gasteiger partial charge in [0.2, 0.25) is 11.8 Å². The highest BCUT2D eigenvalue weighted by molar-refractivity contribution is 8.00. The first-order chi connectivity index (χ1) is 8.47. The molecule has 0 saturated carbocycles. The minimum atomic E-state index is -1.09. The van der Waals surface area contributed by atoms with Gasteiger partial charge in [-0.25, -0.2) is 4.79 Å². The predicted molar refractivity (Wildman–Crippen MR) is 70.5 cm³/mol. The molecule has 2 amide bonds. The van der Waals surface area contributed by atoms with E-state index in [0.29, 0.717) is 6.54 Å². The van der Waals surface area contributed by atoms with Gasteiger partial charge in [0.05, 0.1) is 5.75 Å². The van der Waals surface area contributed by atoms with E-state index >= 15 is 0 Å². The molecule has 0 radical (unpaired) electrons. The highest BCUT2D eigenvalue weighted by Crippen LogP contribution is 2.03. The molecule has 0 aliphatic heterocycles. The van der Waals surface area contributed by atoms with Crippen LogP contribution in [-0.4, -0.2) is 47.0 Å². The summed E-state index contributed by atoms with van der Waals surface area (Å²) >= 11 is 1.19. The van der Waals surface area contributed by atoms with E-state index in [1.807, 2.05) is 6.92 Å². The van der Waals surface area contributed by atoms with Crippen molar-refractivity contribution in [2.24, 2.45) is 0 Å². The summed E-state index contributed by atoms with van der Waals surface area (Å²) in [7, 11) is 0. The third kappa shape index (κ3) is 8.86. The highest BCUT2D eigenvalue weighted by Gasteiger charge is 2.18. The zero-order chi connectivity index (χ0) is 14.0. The summed E-state index contributed by atoms with van der Waals surface area (Å²) in [6, 6.07) is -0.948. The third-order valence-corrected chi connectivity index (χ3v) is 3.08. The van der Waals surface area contributed by atoms with E-state index in [0.717, 1.165) is 12.8 Å². The molecule has 1 atom stereocenters. The fourth-order valence-electron chi connectivity index (χ4n) is 1.15. The van der Waals surface area contributed by atoms with Crippen LogP contribution in [0.2, 0.25) is 0 Å². The average Bonchev–Trinajstić information content (AvgIpc) is 2.27. The van der Waals surface area contributed by atoms with Gasteiger partial charge in [0.1, 0.15) is 6.04 Å². The summed E-state index contributed by atoms with van der Waals surface area (Å²) in [6.45, 7) is 3.94. The largest absolute Gasteiger partial charge is 0.480 e. The lowest BCUT2D eigenvalue weighted by Gasteiger charge is -2.12. The first-order valence-electron chi connectivity index (χ1n) is 5.81. The molecule has 0 aliphatic rings. The molecule has 0 aromatic heterocycles. The van der Waals surface area contributed by atoms with E-state index in [1.165, 1.54) is 18.7 Å². The van der Waals surface area contributed by atoms with Crippen molar-refractivity contribution in [3.05, 3.63) is 0 Å². The molecule has 18 heavy (non-hydrogen) atoms. The molecule has 0 fully saturated rings. The predicted octanol–water partition coefficient (Wildman–Crippen LogP) is 0.225. The normalized spacial score (nSPS) is 11.7. The maximum absolute atomic E-state index is 11.3. The average molecular weight is 276 g/mol. The minimum Gasteiger partial charge on any atom is -0.480 e. The molecular formula is C11H20N2O4S. The Morgan fingerprint density at radius 2 is 2.00 bits per heavy atom. The summed E-state index contributed by atoms with van der Waals surface area (Å²) in [5, 5.41) is 13.9. The van der Waals surface area contributed by atoms with Crippen LogP contribution in [0.5, 0.6) is 0 Å². The standard InChI is InChI=1S/C11H20N2O4S/c1-3-4-5-12-10(15)7-18-6-9(11(16)17)13-8(2)14/h9H,3-7H2,1-2H3,(H,12,15)(H,13,14)(H,16,17). The number of thioether (sulfide) groups is 1. The van der Waals surface area contributed by atoms with Gasteiger partial charge in [-0.3, -0.25) is 9.59 Å². The number of carboxylic acid groups (broad SMARTS) is 1. The Morgan fingerprint density at radius 3 is 2.50 bits per heavy atom. The Labute approximate surface area is 111 Å². The first kappa shape index (κ1) is 16.8. The molecule has 0 rings (SSSR count). The van der Waals surface area contributed by atoms with Crippen LogP contribution in [0, 0.1) is 0 Å². The number of unbranched alkanes of at least 4 members (excludes halogenated alkanes) is 1. The molecular weight excluding hydrogens is 256 g/mol. The van der Waals surface area contributed by atoms with Crippen LogP contribution in [0.1, 0.15) is 26.7 Å². The quantitative estimate of drug-likeness (QED) is 0.524. The van der Waals surface area contributed by atoms with Crippen molar-refractivity contribution in [1.29, 1.82) is 0 Å². The van der Waals surface area contributed by atoms with Crippen LogP contribution in [-0.2, 0) is 14.4 Å². The van der Waals surface area contributed by atoms with Crippen LogP contribution in [0.4, 0.5) is 0 Å². The van der Waals surface area contributed by atoms with Gasteiger partial charge < -0.3 is 15.7 Å². The number of rotatable bonds is 9. The summed E-state index contributed by atoms with van der Waals surface area (Å²) < 4.78 is 0. The fraction of sp³-hybridized carbons (Fsp3) is 0.727. The molecule has 7 heteroatoms. The fourth-order valence-corrected chi connectivity index (χ4v) is 2.01. The molecule has 104 valence electrons. The Morgan fingerprint density at radius 1 is 1.33 bits per heavy atom. The van der Waals surface area contributed by atoms with Gasteiger partial charge in [0.25, 0.3) is 0 Å². The molecule has 0 heterocycles. The van der Waals surface area contributed by atoms with Crippen molar-refractivity contribution in [1.82, 2.24) is 10.6 Å². The van der Waals surface area contributed by atoms with Gasteiger partial charge in [-0.1, -0.05) is 13.3 Å². The molecule has 3 N–H and O–H groups in total. The van der Waals surface area contributed by atoms with E-state index in [4.69, 9.17) is 5.11 Å². The second kappa shape index (κ2) is 9.76. The molecule has 0 aliphatic carbocycles. The van der Waals surface area contributed by atoms with Gasteiger partial charge in [-0.05, 0) is 6.42 Å². The smallest absolute Gasteiger partial charge is 0.327 e. The number of hydrogen-bond acceptors (Lipinski definition) is 4. The number of nitrogens with one attached hydrogen (secondary N) is 2. The van der Waals surface area contributed by atoms with E-state index in [2.05, 4.69) is 10.6 Å². The van der Waals surface area contributed by atoms with E-state index in [1.54, 1.807) is 0 Å². The number of amides is 2. The maximum atomic E-state index is 11.3. The van der Waals surface area contributed by atoms with Crippen molar-refractivity contribution in [3.8, 4) is 0 Å². The molecule has 0 aromatic carbocycles. The van der Waals surface area contributed by atoms with Crippen LogP contribution in [0.15, 0.2) is 0 Å². The van der Waals surface area contributed by atoms with Gasteiger partial charge in [0, 0.05) is 19.2 Å². The monoisotopic (exact) mass is 276 g/mol. The van der Waals surface area contributed by atoms with Crippen LogP contribution in [0.25, 0.3) is 0 Å². The van der Waals surface area contributed by atoms with Crippen LogP contribution < -0.4 is 10.6 Å². The summed E-state index contributed by atoms with van der Waals surface area (Å²) in [4.78, 5) is 32.9. The molecule has 1 unspecified atom stereocenters. The Kier molecular flexibility index (Phi) is 9.08. The highest BCUT2D eigenvalue weighted by atomic mass is 32.2. The Bertz CT molecular complexity index is 297. The Hall–Kier alpha value is -1.24. The minimum absolute atomic E-state index is 0.111. The maximum Gasteiger partial charge on any atom is 0.327 e. The van der Waals surface area contributed by atoms with Crippen molar-refractivity contribution in [2.75, 3.05) is 18.1 Å². The van der Waals surface area contributed by atoms with E-state index in [9.17, 15) is 14.4 Å². The first-order valence-corrected chi connectivity index (χ1v) is 6.97. The van der Waals surface area contributed by atoms with Crippen molar-refractivity contribution in [3.63, 3.8) is 0 Å². The van der Waals surface area contributed by atoms with E-state index in [-0.39, 0.29) is 17.4 Å². The summed E-state index contributed by atoms with van der Waals surface area (Å²) in [5.74, 6) is -1.22. The second-order valence-electron chi connectivity index (χ2n) is 3.81. The van der Waals surface area contributed by atoms with E-state index < -0.39 is 17.9 Å². The molecule has 0 saturated heterocycles. The lowest BCUT2D eigenvalue weighted by Crippen LogP contribution is -2.41. The third-order valence-electron chi connectivity index (χ3n) is 2.05. The van der Waals surface area contributed by atoms with Crippen molar-refractivity contribution in [2.45, 2.75) is 32.7 Å². The molecule has 0 bridgehead atoms. The summed E-state index contributed by atoms with van der Waals surface area (Å²) in [6.07, 6.45) is 1.94. The second-order valence-corrected chi connectivity index (χ2v) is 4.84. The van der Waals surface area contributed by atoms with Gasteiger partial charge in [-0.15, -0.1) is 11.8 Å². The van der Waals surface area contributed by atoms with Gasteiger partial charge in [0.15, 0.2) is 0 Å². The van der Waals surface area contributed by atoms with Crippen molar-refractivity contribution >= 4 is 29.5 Å². The lowest BCUT2D eigenvalue weighted by atomic mass is 10.3. The zero-order valence-corrected chi connectivity index (χ0v) is 11.5. The lowest BCUT2D eigenvalue weighted by molar-refractivity contribution is -0.140. The zero-order valence-electron chi connectivity index (χ0n) is 10.7. The number of carbonyl (C=O) groups is 3. The Balaban J connectivity index is 3.81. The molecule has 6 nitrogen and oxygen atoms in total. The number of carbonyl (C=O) groups excluding carboxylic acids is 2. The number of aliphatic carboxylic acids is 1. The summed E-state index contributed by atoms with van der Waals surface area (Å²) in [5.41, 5.74) is 0. The molecule has 0 spiro atoms. The number of carboxylic acids is 1. The number of hydrogen-bond donors (Lipinski definition) is 3. The topological polar surface area (TPSA) is 95.5 Å². The molecule has 0 aromatic rings. The van der Waals surface area contributed by atoms with Crippen LogP contribution in [0.3, 0.4) is 0 Å². The van der Waals surface area contributed by atoms with Gasteiger partial charge >= 0.3 is 5.97 Å².